The first kappa shape index (κ1) is 40.8. The molecule has 1 spiro atoms. The summed E-state index contributed by atoms with van der Waals surface area (Å²) in [6.07, 6.45) is 18.0. The second-order valence-corrected chi connectivity index (χ2v) is 19.1. The second kappa shape index (κ2) is 17.1. The van der Waals surface area contributed by atoms with Gasteiger partial charge in [0.15, 0.2) is 5.03 Å². The molecule has 2 saturated heterocycles. The number of hydrogen-bond acceptors (Lipinski definition) is 11. The van der Waals surface area contributed by atoms with Gasteiger partial charge in [-0.2, -0.15) is 8.42 Å². The summed E-state index contributed by atoms with van der Waals surface area (Å²) in [7, 11) is -4.63. The van der Waals surface area contributed by atoms with Gasteiger partial charge < -0.3 is 19.9 Å². The van der Waals surface area contributed by atoms with Crippen LogP contribution in [0.2, 0.25) is 0 Å². The van der Waals surface area contributed by atoms with Crippen LogP contribution in [0.25, 0.3) is 11.0 Å². The largest absolute Gasteiger partial charge is 0.455 e. The van der Waals surface area contributed by atoms with E-state index in [0.717, 1.165) is 87.9 Å². The number of carbonyl (C=O) groups excluding carboxylic acids is 1. The first-order valence-electron chi connectivity index (χ1n) is 21.9. The number of amides is 1. The number of nitro groups is 1. The number of anilines is 2. The molecule has 0 bridgehead atoms. The molecular formula is C46H54N8O6S. The van der Waals surface area contributed by atoms with Crippen molar-refractivity contribution in [2.24, 2.45) is 11.3 Å². The van der Waals surface area contributed by atoms with E-state index >= 15 is 0 Å². The van der Waals surface area contributed by atoms with Gasteiger partial charge in [0.25, 0.3) is 21.6 Å². The normalized spacial score (nSPS) is 19.8. The quantitative estimate of drug-likeness (QED) is 0.0762. The number of pyridine rings is 2. The molecule has 3 aromatic heterocycles. The number of ether oxygens (including phenoxy) is 1. The smallest absolute Gasteiger partial charge is 0.296 e. The van der Waals surface area contributed by atoms with E-state index in [1.54, 1.807) is 30.6 Å². The van der Waals surface area contributed by atoms with E-state index in [9.17, 15) is 23.3 Å². The van der Waals surface area contributed by atoms with E-state index in [2.05, 4.69) is 66.0 Å². The topological polar surface area (TPSA) is 176 Å². The Bertz CT molecular complexity index is 2520. The van der Waals surface area contributed by atoms with Gasteiger partial charge in [0.2, 0.25) is 0 Å². The van der Waals surface area contributed by atoms with Crippen LogP contribution in [0, 0.1) is 21.4 Å². The number of nitrogens with zero attached hydrogens (tertiary/aromatic N) is 5. The van der Waals surface area contributed by atoms with E-state index in [4.69, 9.17) is 4.74 Å². The number of sulfonamides is 1. The highest BCUT2D eigenvalue weighted by molar-refractivity contribution is 7.90. The molecule has 3 N–H and O–H groups in total. The number of likely N-dealkylation sites (tertiary alicyclic amines) is 1. The zero-order valence-corrected chi connectivity index (χ0v) is 35.5. The van der Waals surface area contributed by atoms with Crippen LogP contribution >= 0.6 is 0 Å². The fourth-order valence-corrected chi connectivity index (χ4v) is 11.3. The lowest BCUT2D eigenvalue weighted by Gasteiger charge is -2.56. The zero-order chi connectivity index (χ0) is 42.1. The highest BCUT2D eigenvalue weighted by Crippen LogP contribution is 2.54. The Balaban J connectivity index is 0.905. The van der Waals surface area contributed by atoms with Crippen molar-refractivity contribution < 1.29 is 22.9 Å². The summed E-state index contributed by atoms with van der Waals surface area (Å²) in [5.74, 6) is -0.0559. The Labute approximate surface area is 356 Å². The Hall–Kier alpha value is -5.54. The first-order chi connectivity index (χ1) is 29.6. The van der Waals surface area contributed by atoms with Gasteiger partial charge in [-0.3, -0.25) is 19.8 Å². The van der Waals surface area contributed by atoms with Crippen molar-refractivity contribution in [1.29, 1.82) is 0 Å². The number of aromatic amines is 1. The maximum atomic E-state index is 13.9. The number of rotatable bonds is 13. The third kappa shape index (κ3) is 8.54. The van der Waals surface area contributed by atoms with Gasteiger partial charge in [0, 0.05) is 55.1 Å². The molecule has 4 aliphatic rings. The summed E-state index contributed by atoms with van der Waals surface area (Å²) in [5.41, 5.74) is 4.49. The van der Waals surface area contributed by atoms with E-state index in [-0.39, 0.29) is 17.0 Å². The lowest BCUT2D eigenvalue weighted by Crippen LogP contribution is -2.54. The summed E-state index contributed by atoms with van der Waals surface area (Å²) in [4.78, 5) is 42.0. The second-order valence-electron chi connectivity index (χ2n) is 17.5. The monoisotopic (exact) mass is 846 g/mol. The van der Waals surface area contributed by atoms with Crippen LogP contribution < -0.4 is 19.7 Å². The van der Waals surface area contributed by atoms with Crippen LogP contribution in [-0.2, 0) is 16.4 Å². The fraction of sp³-hybridized carbons (Fsp3) is 0.457. The lowest BCUT2D eigenvalue weighted by molar-refractivity contribution is -0.384. The molecule has 5 aromatic rings. The highest BCUT2D eigenvalue weighted by atomic mass is 32.2. The number of hydrogen-bond donors (Lipinski definition) is 3. The van der Waals surface area contributed by atoms with Crippen molar-refractivity contribution >= 4 is 44.0 Å². The molecule has 320 valence electrons. The molecule has 2 aliphatic carbocycles. The molecule has 0 radical (unpaired) electrons. The zero-order valence-electron chi connectivity index (χ0n) is 34.6. The number of aryl methyl sites for hydroxylation is 1. The molecule has 15 heteroatoms. The van der Waals surface area contributed by atoms with Gasteiger partial charge in [-0.25, -0.2) is 14.7 Å². The number of piperidine rings is 1. The van der Waals surface area contributed by atoms with Crippen molar-refractivity contribution in [3.8, 4) is 11.5 Å². The van der Waals surface area contributed by atoms with Crippen molar-refractivity contribution in [1.82, 2.24) is 24.6 Å². The number of fused-ring (bicyclic) bond motifs is 1. The Morgan fingerprint density at radius 1 is 0.967 bits per heavy atom. The van der Waals surface area contributed by atoms with E-state index < -0.39 is 31.6 Å². The minimum atomic E-state index is -4.63. The standard InChI is InChI=1S/C46H54N8O6S/c1-2-32-11-6-7-12-37(32)40-13-8-20-53(40)35-26-46(27-35)17-21-52(22-18-46)34-14-15-38(42(24-34)60-36-23-33-16-19-47-44(33)50-29-36)45(55)51-61(58,59)43-25-41(54(56)57)39(30-49-43)48-28-31-9-4-3-5-10-31/h6-7,11-12,14-16,19,23-25,29-31,35,40,48H,2-5,8-10,13,17-18,20-22,26-28H2,1H3,(H,47,50)(H,51,55)/t40-/m1/s1. The molecule has 9 rings (SSSR count). The predicted molar refractivity (Wildman–Crippen MR) is 235 cm³/mol. The molecule has 14 nitrogen and oxygen atoms in total. The fourth-order valence-electron chi connectivity index (χ4n) is 10.4. The van der Waals surface area contributed by atoms with Crippen molar-refractivity contribution in [2.75, 3.05) is 36.4 Å². The maximum Gasteiger partial charge on any atom is 0.296 e. The lowest BCUT2D eigenvalue weighted by atomic mass is 9.59. The van der Waals surface area contributed by atoms with Gasteiger partial charge in [0.05, 0.1) is 28.9 Å². The number of aromatic nitrogens is 3. The molecule has 2 aliphatic heterocycles. The molecule has 1 amide bonds. The van der Waals surface area contributed by atoms with Crippen LogP contribution in [0.1, 0.15) is 105 Å². The molecule has 5 heterocycles. The van der Waals surface area contributed by atoms with Gasteiger partial charge >= 0.3 is 0 Å². The third-order valence-electron chi connectivity index (χ3n) is 13.8. The summed E-state index contributed by atoms with van der Waals surface area (Å²) in [6.45, 7) is 5.63. The molecule has 4 fully saturated rings. The summed E-state index contributed by atoms with van der Waals surface area (Å²) in [5, 5.41) is 15.3. The van der Waals surface area contributed by atoms with Gasteiger partial charge in [-0.05, 0) is 111 Å². The average Bonchev–Trinajstić information content (AvgIpc) is 3.95. The van der Waals surface area contributed by atoms with Crippen LogP contribution in [0.5, 0.6) is 11.5 Å². The molecule has 2 aromatic carbocycles. The van der Waals surface area contributed by atoms with Crippen LogP contribution in [-0.4, -0.2) is 71.3 Å². The van der Waals surface area contributed by atoms with E-state index in [1.165, 1.54) is 43.2 Å². The predicted octanol–water partition coefficient (Wildman–Crippen LogP) is 8.92. The van der Waals surface area contributed by atoms with E-state index in [1.807, 2.05) is 12.1 Å². The molecule has 61 heavy (non-hydrogen) atoms. The van der Waals surface area contributed by atoms with Gasteiger partial charge in [-0.1, -0.05) is 50.5 Å². The van der Waals surface area contributed by atoms with Crippen molar-refractivity contribution in [2.45, 2.75) is 101 Å². The SMILES string of the molecule is CCc1ccccc1[C@H]1CCCN1C1CC2(CCN(c3ccc(C(=O)NS(=O)(=O)c4cc([N+](=O)[O-])c(NCC5CCCCC5)cn4)c(Oc4cnc5[nH]ccc5c4)c3)CC2)C1. The van der Waals surface area contributed by atoms with Gasteiger partial charge in [0.1, 0.15) is 22.8 Å². The Morgan fingerprint density at radius 2 is 1.77 bits per heavy atom. The molecule has 2 saturated carbocycles. The molecular weight excluding hydrogens is 793 g/mol. The highest BCUT2D eigenvalue weighted by Gasteiger charge is 2.50. The summed E-state index contributed by atoms with van der Waals surface area (Å²) < 4.78 is 35.7. The molecule has 1 atom stereocenters. The van der Waals surface area contributed by atoms with Crippen LogP contribution in [0.3, 0.4) is 0 Å². The Morgan fingerprint density at radius 3 is 2.56 bits per heavy atom. The average molecular weight is 847 g/mol. The van der Waals surface area contributed by atoms with Crippen LogP contribution in [0.4, 0.5) is 17.1 Å². The Kier molecular flexibility index (Phi) is 11.4. The maximum absolute atomic E-state index is 13.9. The van der Waals surface area contributed by atoms with Crippen molar-refractivity contribution in [3.05, 3.63) is 106 Å². The third-order valence-corrected chi connectivity index (χ3v) is 15.0. The minimum absolute atomic E-state index is 0.0260. The number of nitrogens with one attached hydrogen (secondary N) is 3. The number of H-pyrrole nitrogens is 1. The number of carbonyl (C=O) groups is 1. The number of benzene rings is 2. The summed E-state index contributed by atoms with van der Waals surface area (Å²) in [6, 6.07) is 19.8. The van der Waals surface area contributed by atoms with Gasteiger partial charge in [-0.15, -0.1) is 0 Å². The van der Waals surface area contributed by atoms with Crippen molar-refractivity contribution in [3.63, 3.8) is 0 Å². The first-order valence-corrected chi connectivity index (χ1v) is 23.4. The van der Waals surface area contributed by atoms with E-state index in [0.29, 0.717) is 41.4 Å². The van der Waals surface area contributed by atoms with Crippen LogP contribution in [0.15, 0.2) is 84.3 Å². The minimum Gasteiger partial charge on any atom is -0.455 e. The summed E-state index contributed by atoms with van der Waals surface area (Å²) >= 11 is 0. The molecule has 0 unspecified atom stereocenters.